The highest BCUT2D eigenvalue weighted by Crippen LogP contribution is 2.58. The molecule has 2 saturated heterocycles. The van der Waals surface area contributed by atoms with Crippen LogP contribution in [0.4, 0.5) is 10.1 Å². The lowest BCUT2D eigenvalue weighted by molar-refractivity contribution is -0.0235. The second kappa shape index (κ2) is 7.70. The Morgan fingerprint density at radius 2 is 2.11 bits per heavy atom. The third kappa shape index (κ3) is 3.44. The van der Waals surface area contributed by atoms with Crippen molar-refractivity contribution in [2.75, 3.05) is 18.6 Å². The van der Waals surface area contributed by atoms with Crippen molar-refractivity contribution in [3.8, 4) is 5.88 Å². The number of hydrogen-bond donors (Lipinski definition) is 1. The summed E-state index contributed by atoms with van der Waals surface area (Å²) in [7, 11) is 0. The molecule has 10 nitrogen and oxygen atoms in total. The van der Waals surface area contributed by atoms with E-state index in [-0.39, 0.29) is 23.0 Å². The van der Waals surface area contributed by atoms with Crippen LogP contribution in [0.2, 0.25) is 0 Å². The average Bonchev–Trinajstić information content (AvgIpc) is 3.59. The molecule has 7 rings (SSSR count). The first kappa shape index (κ1) is 21.9. The van der Waals surface area contributed by atoms with Crippen LogP contribution < -0.4 is 10.1 Å². The molecular weight excluding hydrogens is 453 g/mol. The number of hydrogen-bond acceptors (Lipinski definition) is 7. The number of fused-ring (bicyclic) bond motifs is 3. The molecule has 4 aromatic rings. The maximum Gasteiger partial charge on any atom is 0.262 e. The number of alkyl halides is 1. The molecule has 0 unspecified atom stereocenters. The van der Waals surface area contributed by atoms with Crippen LogP contribution in [0.1, 0.15) is 54.7 Å². The van der Waals surface area contributed by atoms with Crippen molar-refractivity contribution in [3.05, 3.63) is 47.8 Å². The van der Waals surface area contributed by atoms with Gasteiger partial charge in [0.1, 0.15) is 17.9 Å². The zero-order valence-electron chi connectivity index (χ0n) is 19.8. The van der Waals surface area contributed by atoms with E-state index >= 15 is 0 Å². The zero-order chi connectivity index (χ0) is 24.4. The molecule has 35 heavy (non-hydrogen) atoms. The van der Waals surface area contributed by atoms with Crippen molar-refractivity contribution in [3.63, 3.8) is 0 Å². The highest BCUT2D eigenvalue weighted by Gasteiger charge is 2.64. The van der Waals surface area contributed by atoms with E-state index in [9.17, 15) is 9.18 Å². The Morgan fingerprint density at radius 1 is 1.29 bits per heavy atom. The summed E-state index contributed by atoms with van der Waals surface area (Å²) in [6, 6.07) is 0. The molecule has 0 spiro atoms. The molecule has 2 aliphatic heterocycles. The molecular formula is C24H26FN7O3. The fourth-order valence-corrected chi connectivity index (χ4v) is 4.99. The Kier molecular flexibility index (Phi) is 4.82. The van der Waals surface area contributed by atoms with E-state index in [1.165, 1.54) is 0 Å². The highest BCUT2D eigenvalue weighted by atomic mass is 19.1. The van der Waals surface area contributed by atoms with Crippen molar-refractivity contribution in [1.29, 1.82) is 0 Å². The third-order valence-electron chi connectivity index (χ3n) is 7.04. The van der Waals surface area contributed by atoms with E-state index in [1.54, 1.807) is 27.5 Å². The minimum Gasteiger partial charge on any atom is -0.474 e. The van der Waals surface area contributed by atoms with Gasteiger partial charge in [-0.2, -0.15) is 10.1 Å². The first-order valence-corrected chi connectivity index (χ1v) is 11.7. The number of aryl methyl sites for hydroxylation is 1. The number of nitrogens with zero attached hydrogens (tertiary/aromatic N) is 6. The predicted octanol–water partition coefficient (Wildman–Crippen LogP) is 3.28. The largest absolute Gasteiger partial charge is 0.474 e. The zero-order valence-corrected chi connectivity index (χ0v) is 19.8. The fraction of sp³-hybridized carbons (Fsp3) is 0.458. The van der Waals surface area contributed by atoms with E-state index in [0.29, 0.717) is 36.6 Å². The van der Waals surface area contributed by atoms with Gasteiger partial charge in [0, 0.05) is 30.2 Å². The summed E-state index contributed by atoms with van der Waals surface area (Å²) in [5.41, 5.74) is 2.06. The quantitative estimate of drug-likeness (QED) is 0.433. The van der Waals surface area contributed by atoms with Gasteiger partial charge in [-0.1, -0.05) is 6.92 Å². The molecule has 1 atom stereocenters. The summed E-state index contributed by atoms with van der Waals surface area (Å²) in [6.07, 6.45) is 10.4. The van der Waals surface area contributed by atoms with Gasteiger partial charge >= 0.3 is 0 Å². The summed E-state index contributed by atoms with van der Waals surface area (Å²) in [4.78, 5) is 27.0. The van der Waals surface area contributed by atoms with E-state index in [1.807, 2.05) is 33.2 Å². The molecule has 1 saturated carbocycles. The number of nitrogens with one attached hydrogen (secondary N) is 1. The van der Waals surface area contributed by atoms with Crippen LogP contribution >= 0.6 is 0 Å². The van der Waals surface area contributed by atoms with Gasteiger partial charge in [-0.25, -0.2) is 18.9 Å². The van der Waals surface area contributed by atoms with Crippen molar-refractivity contribution in [2.45, 2.75) is 57.2 Å². The lowest BCUT2D eigenvalue weighted by atomic mass is 9.61. The first-order valence-electron chi connectivity index (χ1n) is 11.7. The van der Waals surface area contributed by atoms with Gasteiger partial charge in [-0.05, 0) is 38.7 Å². The maximum atomic E-state index is 13.4. The van der Waals surface area contributed by atoms with E-state index < -0.39 is 18.2 Å². The summed E-state index contributed by atoms with van der Waals surface area (Å²) in [5, 5.41) is 7.16. The van der Waals surface area contributed by atoms with Gasteiger partial charge in [-0.3, -0.25) is 9.20 Å². The summed E-state index contributed by atoms with van der Waals surface area (Å²) in [6.45, 7) is 5.78. The molecule has 3 aliphatic rings. The normalized spacial score (nSPS) is 24.0. The van der Waals surface area contributed by atoms with Crippen molar-refractivity contribution < 1.29 is 18.7 Å². The Labute approximate surface area is 200 Å². The van der Waals surface area contributed by atoms with Crippen LogP contribution in [0.5, 0.6) is 5.88 Å². The molecule has 182 valence electrons. The number of amides is 1. The first-order chi connectivity index (χ1) is 16.8. The monoisotopic (exact) mass is 479 g/mol. The Morgan fingerprint density at radius 3 is 2.86 bits per heavy atom. The van der Waals surface area contributed by atoms with Crippen molar-refractivity contribution in [2.24, 2.45) is 0 Å². The van der Waals surface area contributed by atoms with Gasteiger partial charge in [0.25, 0.3) is 5.91 Å². The van der Waals surface area contributed by atoms with Gasteiger partial charge in [0.05, 0.1) is 30.2 Å². The number of aromatic nitrogens is 6. The lowest BCUT2D eigenvalue weighted by Gasteiger charge is -2.41. The summed E-state index contributed by atoms with van der Waals surface area (Å²) >= 11 is 0. The molecule has 0 radical (unpaired) electrons. The van der Waals surface area contributed by atoms with Gasteiger partial charge in [-0.15, -0.1) is 0 Å². The Balaban J connectivity index is 1.36. The van der Waals surface area contributed by atoms with Gasteiger partial charge in [0.2, 0.25) is 11.7 Å². The molecule has 2 bridgehead atoms. The number of carbonyl (C=O) groups is 1. The van der Waals surface area contributed by atoms with Crippen LogP contribution in [-0.2, 0) is 10.2 Å². The molecule has 6 heterocycles. The molecule has 4 aromatic heterocycles. The topological polar surface area (TPSA) is 108 Å². The number of anilines is 1. The Hall–Kier alpha value is -3.60. The fourth-order valence-electron chi connectivity index (χ4n) is 4.99. The SMILES string of the molecule is CC[C@@H](C)Oc1nc2nc(C34COC(CF)(C3)C4)cn2cc1C(=O)Nc1cnn2cc(C)cnc12. The standard InChI is InChI=1S/C24H26FN7O3/c1-4-15(3)35-21-16(20(33)28-17-6-27-32-7-14(2)5-26-19(17)32)8-31-9-18(29-22(31)30-21)23-10-24(11-23,12-25)34-13-23/h5-9,15H,4,10-13H2,1-3H3,(H,28,33)/t15-,23?,24?/m1/s1. The lowest BCUT2D eigenvalue weighted by Crippen LogP contribution is -2.48. The van der Waals surface area contributed by atoms with Crippen LogP contribution in [0, 0.1) is 6.92 Å². The molecule has 11 heteroatoms. The number of imidazole rings is 1. The van der Waals surface area contributed by atoms with E-state index in [2.05, 4.69) is 20.4 Å². The van der Waals surface area contributed by atoms with Crippen molar-refractivity contribution >= 4 is 23.0 Å². The number of carbonyl (C=O) groups excluding carboxylic acids is 1. The second-order valence-corrected chi connectivity index (χ2v) is 9.78. The minimum atomic E-state index is -0.667. The molecule has 3 fully saturated rings. The van der Waals surface area contributed by atoms with Gasteiger partial charge < -0.3 is 14.8 Å². The van der Waals surface area contributed by atoms with Crippen LogP contribution in [0.25, 0.3) is 11.4 Å². The molecule has 1 N–H and O–H groups in total. The third-order valence-corrected chi connectivity index (χ3v) is 7.04. The second-order valence-electron chi connectivity index (χ2n) is 9.78. The number of ether oxygens (including phenoxy) is 2. The minimum absolute atomic E-state index is 0.147. The summed E-state index contributed by atoms with van der Waals surface area (Å²) < 4.78 is 28.5. The molecule has 1 amide bonds. The molecule has 0 aromatic carbocycles. The van der Waals surface area contributed by atoms with Crippen LogP contribution in [-0.4, -0.2) is 59.9 Å². The van der Waals surface area contributed by atoms with Crippen molar-refractivity contribution in [1.82, 2.24) is 29.0 Å². The highest BCUT2D eigenvalue weighted by molar-refractivity contribution is 6.07. The summed E-state index contributed by atoms with van der Waals surface area (Å²) in [5.74, 6) is 0.225. The Bertz CT molecular complexity index is 1460. The van der Waals surface area contributed by atoms with E-state index in [4.69, 9.17) is 14.5 Å². The van der Waals surface area contributed by atoms with Crippen LogP contribution in [0.15, 0.2) is 31.0 Å². The predicted molar refractivity (Wildman–Crippen MR) is 125 cm³/mol. The van der Waals surface area contributed by atoms with Crippen LogP contribution in [0.3, 0.4) is 0 Å². The number of rotatable bonds is 7. The number of halogens is 1. The van der Waals surface area contributed by atoms with E-state index in [0.717, 1.165) is 17.7 Å². The smallest absolute Gasteiger partial charge is 0.262 e. The van der Waals surface area contributed by atoms with Gasteiger partial charge in [0.15, 0.2) is 5.65 Å². The maximum absolute atomic E-state index is 13.4. The molecule has 1 aliphatic carbocycles. The average molecular weight is 480 g/mol.